The first kappa shape index (κ1) is 25.0. The van der Waals surface area contributed by atoms with Gasteiger partial charge in [-0.25, -0.2) is 15.0 Å². The van der Waals surface area contributed by atoms with E-state index in [-0.39, 0.29) is 0 Å². The third kappa shape index (κ3) is 3.66. The van der Waals surface area contributed by atoms with Gasteiger partial charge < -0.3 is 8.83 Å². The summed E-state index contributed by atoms with van der Waals surface area (Å²) in [6.45, 7) is 0. The summed E-state index contributed by atoms with van der Waals surface area (Å²) in [6.07, 6.45) is 0. The summed E-state index contributed by atoms with van der Waals surface area (Å²) in [5.41, 5.74) is 5.97. The molecule has 0 saturated heterocycles. The lowest BCUT2D eigenvalue weighted by Crippen LogP contribution is -2.00. The monoisotopic (exact) mass is 589 g/mol. The van der Waals surface area contributed by atoms with Crippen molar-refractivity contribution in [2.75, 3.05) is 0 Å². The summed E-state index contributed by atoms with van der Waals surface area (Å²) in [4.78, 5) is 15.2. The summed E-state index contributed by atoms with van der Waals surface area (Å²) in [5.74, 6) is 1.82. The van der Waals surface area contributed by atoms with E-state index in [1.807, 2.05) is 60.7 Å². The number of benzene rings is 7. The second-order valence-electron chi connectivity index (χ2n) is 11.6. The first-order chi connectivity index (χ1) is 22.8. The maximum Gasteiger partial charge on any atom is 0.164 e. The van der Waals surface area contributed by atoms with Crippen LogP contribution in [0, 0.1) is 0 Å². The van der Waals surface area contributed by atoms with Gasteiger partial charge in [0.15, 0.2) is 17.5 Å². The molecule has 0 N–H and O–H groups in total. The van der Waals surface area contributed by atoms with Crippen LogP contribution in [-0.2, 0) is 0 Å². The first-order valence-corrected chi connectivity index (χ1v) is 15.3. The summed E-state index contributed by atoms with van der Waals surface area (Å²) in [6, 6.07) is 47.4. The van der Waals surface area contributed by atoms with Gasteiger partial charge in [-0.2, -0.15) is 0 Å². The number of hydrogen-bond donors (Lipinski definition) is 0. The van der Waals surface area contributed by atoms with Gasteiger partial charge in [-0.3, -0.25) is 0 Å². The number of aromatic nitrogens is 3. The van der Waals surface area contributed by atoms with Gasteiger partial charge in [0.25, 0.3) is 0 Å². The van der Waals surface area contributed by atoms with E-state index < -0.39 is 0 Å². The zero-order valence-corrected chi connectivity index (χ0v) is 24.4. The fourth-order valence-corrected chi connectivity index (χ4v) is 6.80. The molecule has 3 heterocycles. The van der Waals surface area contributed by atoms with Gasteiger partial charge in [-0.15, -0.1) is 0 Å². The molecular formula is C41H23N3O2. The van der Waals surface area contributed by atoms with Crippen molar-refractivity contribution in [3.63, 3.8) is 0 Å². The summed E-state index contributed by atoms with van der Waals surface area (Å²) < 4.78 is 13.2. The predicted molar refractivity (Wildman–Crippen MR) is 186 cm³/mol. The Hall–Kier alpha value is -6.33. The molecule has 3 aromatic heterocycles. The standard InChI is InChI=1S/C41H23N3O2/c1-2-12-25(13-3-1)39-42-40(27-22-21-24-11-4-5-14-26(24)23-27)44-41(43-39)31-18-10-20-33-34(31)35-28-15-6-7-16-29(28)37-36(38(35)46-33)30-17-8-9-19-32(30)45-37/h1-23H. The molecule has 0 aliphatic rings. The molecule has 0 atom stereocenters. The van der Waals surface area contributed by atoms with Crippen LogP contribution in [-0.4, -0.2) is 15.0 Å². The molecule has 10 aromatic rings. The first-order valence-electron chi connectivity index (χ1n) is 15.3. The number of rotatable bonds is 3. The maximum absolute atomic E-state index is 6.75. The zero-order valence-electron chi connectivity index (χ0n) is 24.4. The molecule has 214 valence electrons. The van der Waals surface area contributed by atoms with E-state index in [9.17, 15) is 0 Å². The van der Waals surface area contributed by atoms with E-state index >= 15 is 0 Å². The molecule has 0 bridgehead atoms. The smallest absolute Gasteiger partial charge is 0.164 e. The molecule has 0 unspecified atom stereocenters. The van der Waals surface area contributed by atoms with Gasteiger partial charge in [0.2, 0.25) is 0 Å². The fraction of sp³-hybridized carbons (Fsp3) is 0. The van der Waals surface area contributed by atoms with Crippen LogP contribution in [0.25, 0.3) is 99.6 Å². The fourth-order valence-electron chi connectivity index (χ4n) is 6.80. The lowest BCUT2D eigenvalue weighted by atomic mass is 9.97. The van der Waals surface area contributed by atoms with E-state index in [1.165, 1.54) is 5.39 Å². The maximum atomic E-state index is 6.75. The Balaban J connectivity index is 1.32. The van der Waals surface area contributed by atoms with Crippen LogP contribution in [0.5, 0.6) is 0 Å². The molecule has 0 aliphatic carbocycles. The molecule has 0 fully saturated rings. The third-order valence-electron chi connectivity index (χ3n) is 8.89. The van der Waals surface area contributed by atoms with E-state index in [4.69, 9.17) is 23.8 Å². The van der Waals surface area contributed by atoms with Crippen molar-refractivity contribution >= 4 is 65.4 Å². The van der Waals surface area contributed by atoms with Gasteiger partial charge in [0, 0.05) is 38.2 Å². The molecular weight excluding hydrogens is 566 g/mol. The molecule has 0 spiro atoms. The van der Waals surface area contributed by atoms with Crippen molar-refractivity contribution in [3.8, 4) is 34.2 Å². The molecule has 5 nitrogen and oxygen atoms in total. The van der Waals surface area contributed by atoms with Crippen molar-refractivity contribution in [2.45, 2.75) is 0 Å². The Bertz CT molecular complexity index is 2810. The molecule has 0 saturated carbocycles. The van der Waals surface area contributed by atoms with E-state index in [2.05, 4.69) is 78.9 Å². The summed E-state index contributed by atoms with van der Waals surface area (Å²) in [5, 5.41) is 8.39. The Morgan fingerprint density at radius 3 is 1.89 bits per heavy atom. The molecule has 0 radical (unpaired) electrons. The van der Waals surface area contributed by atoms with Crippen molar-refractivity contribution < 1.29 is 8.83 Å². The Labute approximate surface area is 262 Å². The second-order valence-corrected chi connectivity index (χ2v) is 11.6. The molecule has 0 amide bonds. The van der Waals surface area contributed by atoms with Crippen LogP contribution >= 0.6 is 0 Å². The molecule has 10 rings (SSSR count). The van der Waals surface area contributed by atoms with Gasteiger partial charge >= 0.3 is 0 Å². The third-order valence-corrected chi connectivity index (χ3v) is 8.89. The quantitative estimate of drug-likeness (QED) is 0.205. The van der Waals surface area contributed by atoms with E-state index in [1.54, 1.807) is 0 Å². The highest BCUT2D eigenvalue weighted by Gasteiger charge is 2.24. The minimum atomic E-state index is 0.589. The molecule has 46 heavy (non-hydrogen) atoms. The molecule has 7 aromatic carbocycles. The highest BCUT2D eigenvalue weighted by molar-refractivity contribution is 6.34. The highest BCUT2D eigenvalue weighted by Crippen LogP contribution is 2.46. The van der Waals surface area contributed by atoms with Crippen molar-refractivity contribution in [2.24, 2.45) is 0 Å². The zero-order chi connectivity index (χ0) is 30.2. The lowest BCUT2D eigenvalue weighted by molar-refractivity contribution is 0.665. The van der Waals surface area contributed by atoms with Gasteiger partial charge in [-0.1, -0.05) is 121 Å². The van der Waals surface area contributed by atoms with Gasteiger partial charge in [0.05, 0.1) is 5.39 Å². The van der Waals surface area contributed by atoms with E-state index in [0.717, 1.165) is 76.7 Å². The second kappa shape index (κ2) is 9.58. The SMILES string of the molecule is c1ccc(-c2nc(-c3ccc4ccccc4c3)nc(-c3cccc4oc5c6c7ccccc7oc6c6ccccc6c5c34)n2)cc1. The van der Waals surface area contributed by atoms with Gasteiger partial charge in [-0.05, 0) is 34.4 Å². The largest absolute Gasteiger partial charge is 0.455 e. The minimum absolute atomic E-state index is 0.589. The molecule has 5 heteroatoms. The Kier molecular flexibility index (Phi) is 5.22. The number of nitrogens with zero attached hydrogens (tertiary/aromatic N) is 3. The van der Waals surface area contributed by atoms with Crippen LogP contribution in [0.3, 0.4) is 0 Å². The lowest BCUT2D eigenvalue weighted by Gasteiger charge is -2.10. The highest BCUT2D eigenvalue weighted by atomic mass is 16.3. The minimum Gasteiger partial charge on any atom is -0.455 e. The normalized spacial score (nSPS) is 11.9. The summed E-state index contributed by atoms with van der Waals surface area (Å²) >= 11 is 0. The predicted octanol–water partition coefficient (Wildman–Crippen LogP) is 11.0. The van der Waals surface area contributed by atoms with Crippen LogP contribution in [0.1, 0.15) is 0 Å². The van der Waals surface area contributed by atoms with E-state index in [0.29, 0.717) is 17.5 Å². The number of para-hydroxylation sites is 1. The summed E-state index contributed by atoms with van der Waals surface area (Å²) in [7, 11) is 0. The van der Waals surface area contributed by atoms with Crippen molar-refractivity contribution in [1.82, 2.24) is 15.0 Å². The van der Waals surface area contributed by atoms with Crippen molar-refractivity contribution in [1.29, 1.82) is 0 Å². The van der Waals surface area contributed by atoms with Crippen molar-refractivity contribution in [3.05, 3.63) is 140 Å². The average Bonchev–Trinajstić information content (AvgIpc) is 3.71. The molecule has 0 aliphatic heterocycles. The van der Waals surface area contributed by atoms with Crippen LogP contribution < -0.4 is 0 Å². The van der Waals surface area contributed by atoms with Crippen LogP contribution in [0.15, 0.2) is 148 Å². The van der Waals surface area contributed by atoms with Crippen LogP contribution in [0.4, 0.5) is 0 Å². The van der Waals surface area contributed by atoms with Crippen LogP contribution in [0.2, 0.25) is 0 Å². The number of furan rings is 2. The Morgan fingerprint density at radius 1 is 0.370 bits per heavy atom. The van der Waals surface area contributed by atoms with Gasteiger partial charge in [0.1, 0.15) is 22.3 Å². The number of hydrogen-bond acceptors (Lipinski definition) is 5. The number of fused-ring (bicyclic) bond motifs is 11. The average molecular weight is 590 g/mol. The Morgan fingerprint density at radius 2 is 1.02 bits per heavy atom. The topological polar surface area (TPSA) is 65.0 Å².